The standard InChI is InChI=1S/C14H20N4O5/c1-5-23-13(19)6-10(3)15-14(20)9(2)8-17-11(4)7-12(16-17)18(21)22/h6-7,9H,5,8H2,1-4H3,(H,15,20)/b10-6+. The van der Waals surface area contributed by atoms with Crippen LogP contribution < -0.4 is 5.32 Å². The van der Waals surface area contributed by atoms with Crippen LogP contribution in [0.5, 0.6) is 0 Å². The molecule has 1 heterocycles. The van der Waals surface area contributed by atoms with Crippen molar-refractivity contribution in [3.8, 4) is 0 Å². The minimum Gasteiger partial charge on any atom is -0.463 e. The molecule has 0 spiro atoms. The van der Waals surface area contributed by atoms with Crippen LogP contribution in [0, 0.1) is 23.0 Å². The topological polar surface area (TPSA) is 116 Å². The summed E-state index contributed by atoms with van der Waals surface area (Å²) in [4.78, 5) is 33.5. The highest BCUT2D eigenvalue weighted by Gasteiger charge is 2.20. The quantitative estimate of drug-likeness (QED) is 0.350. The lowest BCUT2D eigenvalue weighted by Crippen LogP contribution is -2.31. The third-order valence-electron chi connectivity index (χ3n) is 2.99. The molecule has 0 aliphatic carbocycles. The number of nitrogens with zero attached hydrogens (tertiary/aromatic N) is 3. The molecular weight excluding hydrogens is 304 g/mol. The lowest BCUT2D eigenvalue weighted by atomic mass is 10.1. The molecule has 1 N–H and O–H groups in total. The molecule has 0 aromatic carbocycles. The van der Waals surface area contributed by atoms with Gasteiger partial charge in [0.15, 0.2) is 0 Å². The highest BCUT2D eigenvalue weighted by atomic mass is 16.6. The Balaban J connectivity index is 2.67. The molecule has 0 saturated carbocycles. The van der Waals surface area contributed by atoms with Crippen LogP contribution in [0.1, 0.15) is 26.5 Å². The number of rotatable bonds is 7. The Morgan fingerprint density at radius 1 is 1.57 bits per heavy atom. The minimum atomic E-state index is -0.583. The average molecular weight is 324 g/mol. The van der Waals surface area contributed by atoms with Crippen LogP contribution in [-0.2, 0) is 20.9 Å². The summed E-state index contributed by atoms with van der Waals surface area (Å²) in [5, 5.41) is 17.1. The zero-order valence-corrected chi connectivity index (χ0v) is 13.5. The third kappa shape index (κ3) is 5.53. The van der Waals surface area contributed by atoms with Crippen molar-refractivity contribution in [2.24, 2.45) is 5.92 Å². The molecule has 1 aromatic heterocycles. The van der Waals surface area contributed by atoms with E-state index in [1.54, 1.807) is 27.7 Å². The summed E-state index contributed by atoms with van der Waals surface area (Å²) < 4.78 is 6.16. The largest absolute Gasteiger partial charge is 0.463 e. The van der Waals surface area contributed by atoms with E-state index in [9.17, 15) is 19.7 Å². The Hall–Kier alpha value is -2.71. The number of carbonyl (C=O) groups excluding carboxylic acids is 2. The molecule has 1 unspecified atom stereocenters. The lowest BCUT2D eigenvalue weighted by Gasteiger charge is -2.11. The Bertz CT molecular complexity index is 635. The van der Waals surface area contributed by atoms with Crippen LogP contribution in [0.25, 0.3) is 0 Å². The number of esters is 1. The average Bonchev–Trinajstić information content (AvgIpc) is 2.80. The van der Waals surface area contributed by atoms with Crippen molar-refractivity contribution >= 4 is 17.7 Å². The second-order valence-electron chi connectivity index (χ2n) is 5.05. The molecule has 1 amide bonds. The molecule has 1 rings (SSSR count). The number of ether oxygens (including phenoxy) is 1. The van der Waals surface area contributed by atoms with Gasteiger partial charge in [-0.15, -0.1) is 0 Å². The number of nitro groups is 1. The van der Waals surface area contributed by atoms with E-state index in [0.717, 1.165) is 0 Å². The van der Waals surface area contributed by atoms with E-state index in [2.05, 4.69) is 10.4 Å². The zero-order valence-electron chi connectivity index (χ0n) is 13.5. The van der Waals surface area contributed by atoms with E-state index in [0.29, 0.717) is 11.4 Å². The number of hydrogen-bond donors (Lipinski definition) is 1. The Kier molecular flexibility index (Phi) is 6.43. The molecule has 0 bridgehead atoms. The molecule has 9 heteroatoms. The van der Waals surface area contributed by atoms with Gasteiger partial charge in [0.1, 0.15) is 0 Å². The van der Waals surface area contributed by atoms with Gasteiger partial charge in [-0.1, -0.05) is 6.92 Å². The summed E-state index contributed by atoms with van der Waals surface area (Å²) in [7, 11) is 0. The van der Waals surface area contributed by atoms with Crippen molar-refractivity contribution < 1.29 is 19.2 Å². The van der Waals surface area contributed by atoms with Crippen LogP contribution in [0.15, 0.2) is 17.8 Å². The molecule has 1 aromatic rings. The molecule has 9 nitrogen and oxygen atoms in total. The van der Waals surface area contributed by atoms with Crippen molar-refractivity contribution in [2.45, 2.75) is 34.2 Å². The van der Waals surface area contributed by atoms with Gasteiger partial charge in [-0.25, -0.2) is 4.79 Å². The first kappa shape index (κ1) is 18.3. The molecule has 0 aliphatic heterocycles. The lowest BCUT2D eigenvalue weighted by molar-refractivity contribution is -0.389. The number of hydrogen-bond acceptors (Lipinski definition) is 6. The van der Waals surface area contributed by atoms with Crippen molar-refractivity contribution in [3.05, 3.63) is 33.6 Å². The van der Waals surface area contributed by atoms with Crippen molar-refractivity contribution in [3.63, 3.8) is 0 Å². The SMILES string of the molecule is CCOC(=O)/C=C(\C)NC(=O)C(C)Cn1nc([N+](=O)[O-])cc1C. The second-order valence-corrected chi connectivity index (χ2v) is 5.05. The van der Waals surface area contributed by atoms with Crippen LogP contribution in [0.3, 0.4) is 0 Å². The van der Waals surface area contributed by atoms with Gasteiger partial charge >= 0.3 is 11.8 Å². The Labute approximate surface area is 133 Å². The maximum atomic E-state index is 12.1. The van der Waals surface area contributed by atoms with E-state index < -0.39 is 16.8 Å². The molecule has 0 radical (unpaired) electrons. The predicted octanol–water partition coefficient (Wildman–Crippen LogP) is 1.32. The maximum Gasteiger partial charge on any atom is 0.390 e. The van der Waals surface area contributed by atoms with Gasteiger partial charge < -0.3 is 20.2 Å². The van der Waals surface area contributed by atoms with Gasteiger partial charge in [0, 0.05) is 11.8 Å². The fraction of sp³-hybridized carbons (Fsp3) is 0.500. The van der Waals surface area contributed by atoms with Gasteiger partial charge in [-0.2, -0.15) is 4.68 Å². The van der Waals surface area contributed by atoms with Gasteiger partial charge in [-0.3, -0.25) is 4.79 Å². The number of amides is 1. The van der Waals surface area contributed by atoms with E-state index >= 15 is 0 Å². The van der Waals surface area contributed by atoms with E-state index in [1.807, 2.05) is 0 Å². The molecule has 23 heavy (non-hydrogen) atoms. The predicted molar refractivity (Wildman–Crippen MR) is 81.3 cm³/mol. The Morgan fingerprint density at radius 2 is 2.22 bits per heavy atom. The molecule has 126 valence electrons. The first-order valence-electron chi connectivity index (χ1n) is 7.09. The van der Waals surface area contributed by atoms with Gasteiger partial charge in [0.05, 0.1) is 35.9 Å². The summed E-state index contributed by atoms with van der Waals surface area (Å²) in [6.07, 6.45) is 1.19. The van der Waals surface area contributed by atoms with Crippen molar-refractivity contribution in [1.29, 1.82) is 0 Å². The summed E-state index contributed by atoms with van der Waals surface area (Å²) >= 11 is 0. The summed E-state index contributed by atoms with van der Waals surface area (Å²) in [5.41, 5.74) is 0.957. The fourth-order valence-corrected chi connectivity index (χ4v) is 1.82. The van der Waals surface area contributed by atoms with E-state index in [4.69, 9.17) is 4.74 Å². The first-order chi connectivity index (χ1) is 10.7. The highest BCUT2D eigenvalue weighted by molar-refractivity contribution is 5.85. The number of nitrogens with one attached hydrogen (secondary N) is 1. The van der Waals surface area contributed by atoms with Crippen molar-refractivity contribution in [2.75, 3.05) is 6.61 Å². The van der Waals surface area contributed by atoms with E-state index in [1.165, 1.54) is 16.8 Å². The number of allylic oxidation sites excluding steroid dienone is 1. The van der Waals surface area contributed by atoms with Crippen LogP contribution in [0.2, 0.25) is 0 Å². The third-order valence-corrected chi connectivity index (χ3v) is 2.99. The smallest absolute Gasteiger partial charge is 0.390 e. The summed E-state index contributed by atoms with van der Waals surface area (Å²) in [6.45, 7) is 7.05. The van der Waals surface area contributed by atoms with Crippen LogP contribution in [-0.4, -0.2) is 33.2 Å². The monoisotopic (exact) mass is 324 g/mol. The second kappa shape index (κ2) is 8.06. The molecule has 0 aliphatic rings. The Morgan fingerprint density at radius 3 is 2.74 bits per heavy atom. The van der Waals surface area contributed by atoms with Crippen molar-refractivity contribution in [1.82, 2.24) is 15.1 Å². The van der Waals surface area contributed by atoms with Gasteiger partial charge in [0.2, 0.25) is 5.91 Å². The number of aromatic nitrogens is 2. The first-order valence-corrected chi connectivity index (χ1v) is 7.09. The zero-order chi connectivity index (χ0) is 17.6. The van der Waals surface area contributed by atoms with Crippen LogP contribution >= 0.6 is 0 Å². The summed E-state index contributed by atoms with van der Waals surface area (Å²) in [5.74, 6) is -1.59. The van der Waals surface area contributed by atoms with Gasteiger partial charge in [-0.05, 0) is 25.7 Å². The normalized spacial score (nSPS) is 12.6. The number of aryl methyl sites for hydroxylation is 1. The minimum absolute atomic E-state index is 0.193. The highest BCUT2D eigenvalue weighted by Crippen LogP contribution is 2.13. The molecule has 0 fully saturated rings. The van der Waals surface area contributed by atoms with Gasteiger partial charge in [0.25, 0.3) is 0 Å². The van der Waals surface area contributed by atoms with Crippen LogP contribution in [0.4, 0.5) is 5.82 Å². The number of carbonyl (C=O) groups is 2. The maximum absolute atomic E-state index is 12.1. The van der Waals surface area contributed by atoms with E-state index in [-0.39, 0.29) is 24.9 Å². The summed E-state index contributed by atoms with van der Waals surface area (Å²) in [6, 6.07) is 1.34. The molecular formula is C14H20N4O5. The fourth-order valence-electron chi connectivity index (χ4n) is 1.82. The molecule has 1 atom stereocenters. The molecule has 0 saturated heterocycles.